The molecular formula is C19H21N5O5. The summed E-state index contributed by atoms with van der Waals surface area (Å²) < 4.78 is 12.9. The predicted molar refractivity (Wildman–Crippen MR) is 105 cm³/mol. The van der Waals surface area contributed by atoms with Gasteiger partial charge in [0, 0.05) is 7.05 Å². The lowest BCUT2D eigenvalue weighted by Gasteiger charge is -2.12. The van der Waals surface area contributed by atoms with E-state index in [4.69, 9.17) is 15.0 Å². The van der Waals surface area contributed by atoms with E-state index in [1.165, 1.54) is 18.5 Å². The molecule has 3 rings (SSSR count). The maximum Gasteiger partial charge on any atom is 0.346 e. The molecule has 152 valence electrons. The Morgan fingerprint density at radius 1 is 1.24 bits per heavy atom. The number of ether oxygens (including phenoxy) is 1. The summed E-state index contributed by atoms with van der Waals surface area (Å²) in [5.74, 6) is -1.68. The molecule has 0 saturated carbocycles. The van der Waals surface area contributed by atoms with Gasteiger partial charge in [0.2, 0.25) is 5.88 Å². The van der Waals surface area contributed by atoms with Gasteiger partial charge in [-0.05, 0) is 32.9 Å². The molecule has 2 aromatic heterocycles. The van der Waals surface area contributed by atoms with Gasteiger partial charge >= 0.3 is 5.97 Å². The zero-order valence-electron chi connectivity index (χ0n) is 16.4. The standard InChI is InChI=1S/C19H21N5O5/c1-10-14(16(20)29-22-10)19(27)28-12(3)17(25)21-15-11(2)23(4)24(18(15)26)13-8-6-5-7-9-13/h5-9,12H,20H2,1-4H3,(H,21,25)/t12-/m0/s1. The first-order chi connectivity index (χ1) is 13.7. The first-order valence-electron chi connectivity index (χ1n) is 8.80. The SMILES string of the molecule is Cc1noc(N)c1C(=O)O[C@@H](C)C(=O)Nc1c(C)n(C)n(-c2ccccc2)c1=O. The van der Waals surface area contributed by atoms with E-state index in [2.05, 4.69) is 10.5 Å². The molecule has 1 atom stereocenters. The Morgan fingerprint density at radius 2 is 1.90 bits per heavy atom. The topological polar surface area (TPSA) is 134 Å². The highest BCUT2D eigenvalue weighted by Crippen LogP contribution is 2.18. The van der Waals surface area contributed by atoms with Gasteiger partial charge in [-0.1, -0.05) is 23.4 Å². The van der Waals surface area contributed by atoms with E-state index < -0.39 is 23.5 Å². The third-order valence-electron chi connectivity index (χ3n) is 4.55. The van der Waals surface area contributed by atoms with Crippen LogP contribution < -0.4 is 16.6 Å². The number of nitrogens with two attached hydrogens (primary N) is 1. The number of aryl methyl sites for hydroxylation is 1. The number of rotatable bonds is 5. The van der Waals surface area contributed by atoms with Gasteiger partial charge in [-0.3, -0.25) is 14.3 Å². The number of anilines is 2. The first kappa shape index (κ1) is 19.9. The zero-order valence-corrected chi connectivity index (χ0v) is 16.4. The molecule has 0 saturated heterocycles. The van der Waals surface area contributed by atoms with Crippen LogP contribution in [0.25, 0.3) is 5.69 Å². The lowest BCUT2D eigenvalue weighted by molar-refractivity contribution is -0.123. The minimum atomic E-state index is -1.18. The summed E-state index contributed by atoms with van der Waals surface area (Å²) in [6, 6.07) is 9.02. The molecule has 1 aromatic carbocycles. The molecule has 3 aromatic rings. The van der Waals surface area contributed by atoms with Crippen molar-refractivity contribution in [3.05, 3.63) is 57.6 Å². The highest BCUT2D eigenvalue weighted by atomic mass is 16.5. The molecule has 2 heterocycles. The lowest BCUT2D eigenvalue weighted by atomic mass is 10.2. The third kappa shape index (κ3) is 3.64. The highest BCUT2D eigenvalue weighted by molar-refractivity contribution is 5.99. The van der Waals surface area contributed by atoms with Crippen molar-refractivity contribution in [3.63, 3.8) is 0 Å². The van der Waals surface area contributed by atoms with Gasteiger partial charge in [0.05, 0.1) is 17.1 Å². The number of amides is 1. The summed E-state index contributed by atoms with van der Waals surface area (Å²) in [5.41, 5.74) is 6.68. The number of hydrogen-bond donors (Lipinski definition) is 2. The summed E-state index contributed by atoms with van der Waals surface area (Å²) >= 11 is 0. The van der Waals surface area contributed by atoms with Gasteiger partial charge in [0.1, 0.15) is 11.3 Å². The fraction of sp³-hybridized carbons (Fsp3) is 0.263. The van der Waals surface area contributed by atoms with Crippen LogP contribution in [-0.2, 0) is 16.6 Å². The first-order valence-corrected chi connectivity index (χ1v) is 8.80. The molecule has 1 amide bonds. The van der Waals surface area contributed by atoms with Crippen LogP contribution in [0.3, 0.4) is 0 Å². The highest BCUT2D eigenvalue weighted by Gasteiger charge is 2.26. The van der Waals surface area contributed by atoms with Crippen LogP contribution in [-0.4, -0.2) is 32.5 Å². The zero-order chi connectivity index (χ0) is 21.3. The van der Waals surface area contributed by atoms with Gasteiger partial charge in [0.15, 0.2) is 6.10 Å². The molecule has 0 fully saturated rings. The number of nitrogens with one attached hydrogen (secondary N) is 1. The second kappa shape index (κ2) is 7.66. The van der Waals surface area contributed by atoms with Crippen molar-refractivity contribution in [2.24, 2.45) is 7.05 Å². The van der Waals surface area contributed by atoms with Gasteiger partial charge in [-0.2, -0.15) is 0 Å². The minimum Gasteiger partial charge on any atom is -0.449 e. The van der Waals surface area contributed by atoms with E-state index in [-0.39, 0.29) is 22.8 Å². The van der Waals surface area contributed by atoms with E-state index in [1.807, 2.05) is 18.2 Å². The molecule has 0 spiro atoms. The van der Waals surface area contributed by atoms with Crippen molar-refractivity contribution >= 4 is 23.4 Å². The Balaban J connectivity index is 1.81. The monoisotopic (exact) mass is 399 g/mol. The maximum atomic E-state index is 12.8. The van der Waals surface area contributed by atoms with E-state index >= 15 is 0 Å². The molecule has 0 aliphatic rings. The fourth-order valence-corrected chi connectivity index (χ4v) is 2.85. The maximum absolute atomic E-state index is 12.8. The molecule has 10 nitrogen and oxygen atoms in total. The Hall–Kier alpha value is -3.82. The van der Waals surface area contributed by atoms with Gasteiger partial charge in [-0.25, -0.2) is 9.48 Å². The number of nitrogen functional groups attached to an aromatic ring is 1. The molecule has 0 bridgehead atoms. The van der Waals surface area contributed by atoms with Gasteiger partial charge in [-0.15, -0.1) is 0 Å². The molecule has 0 radical (unpaired) electrons. The average molecular weight is 399 g/mol. The summed E-state index contributed by atoms with van der Waals surface area (Å²) in [5, 5.41) is 6.12. The fourth-order valence-electron chi connectivity index (χ4n) is 2.85. The van der Waals surface area contributed by atoms with Crippen LogP contribution in [0.5, 0.6) is 0 Å². The Bertz CT molecular complexity index is 1110. The molecule has 0 aliphatic heterocycles. The number of carbonyl (C=O) groups is 2. The smallest absolute Gasteiger partial charge is 0.346 e. The Kier molecular flexibility index (Phi) is 5.26. The minimum absolute atomic E-state index is 0.0352. The van der Waals surface area contributed by atoms with Crippen molar-refractivity contribution in [3.8, 4) is 5.69 Å². The van der Waals surface area contributed by atoms with E-state index in [1.54, 1.807) is 30.8 Å². The second-order valence-corrected chi connectivity index (χ2v) is 6.48. The van der Waals surface area contributed by atoms with Crippen LogP contribution in [0.15, 0.2) is 39.6 Å². The largest absolute Gasteiger partial charge is 0.449 e. The van der Waals surface area contributed by atoms with Crippen molar-refractivity contribution in [1.29, 1.82) is 0 Å². The van der Waals surface area contributed by atoms with Crippen molar-refractivity contribution in [2.45, 2.75) is 26.9 Å². The normalized spacial score (nSPS) is 11.9. The van der Waals surface area contributed by atoms with E-state index in [9.17, 15) is 14.4 Å². The summed E-state index contributed by atoms with van der Waals surface area (Å²) in [6.45, 7) is 4.62. The molecular weight excluding hydrogens is 378 g/mol. The van der Waals surface area contributed by atoms with Crippen molar-refractivity contribution in [2.75, 3.05) is 11.1 Å². The number of benzene rings is 1. The quantitative estimate of drug-likeness (QED) is 0.622. The van der Waals surface area contributed by atoms with Crippen LogP contribution in [0.2, 0.25) is 0 Å². The van der Waals surface area contributed by atoms with Crippen molar-refractivity contribution in [1.82, 2.24) is 14.5 Å². The summed E-state index contributed by atoms with van der Waals surface area (Å²) in [6.07, 6.45) is -1.18. The van der Waals surface area contributed by atoms with Gasteiger partial charge < -0.3 is 20.3 Å². The second-order valence-electron chi connectivity index (χ2n) is 6.48. The number of esters is 1. The number of carbonyl (C=O) groups excluding carboxylic acids is 2. The number of aromatic nitrogens is 3. The predicted octanol–water partition coefficient (Wildman–Crippen LogP) is 1.55. The van der Waals surface area contributed by atoms with Crippen LogP contribution in [0.1, 0.15) is 28.7 Å². The Morgan fingerprint density at radius 3 is 2.48 bits per heavy atom. The van der Waals surface area contributed by atoms with E-state index in [0.717, 1.165) is 0 Å². The third-order valence-corrected chi connectivity index (χ3v) is 4.55. The van der Waals surface area contributed by atoms with Crippen LogP contribution >= 0.6 is 0 Å². The number of hydrogen-bond acceptors (Lipinski definition) is 7. The number of para-hydroxylation sites is 1. The lowest BCUT2D eigenvalue weighted by Crippen LogP contribution is -2.32. The van der Waals surface area contributed by atoms with Gasteiger partial charge in [0.25, 0.3) is 11.5 Å². The average Bonchev–Trinajstić information content (AvgIpc) is 3.13. The molecule has 3 N–H and O–H groups in total. The number of nitrogens with zero attached hydrogens (tertiary/aromatic N) is 3. The van der Waals surface area contributed by atoms with E-state index in [0.29, 0.717) is 11.4 Å². The summed E-state index contributed by atoms with van der Waals surface area (Å²) in [7, 11) is 1.71. The molecule has 0 aliphatic carbocycles. The van der Waals surface area contributed by atoms with Crippen molar-refractivity contribution < 1.29 is 18.8 Å². The molecule has 29 heavy (non-hydrogen) atoms. The van der Waals surface area contributed by atoms with Crippen LogP contribution in [0, 0.1) is 13.8 Å². The van der Waals surface area contributed by atoms with Crippen LogP contribution in [0.4, 0.5) is 11.6 Å². The summed E-state index contributed by atoms with van der Waals surface area (Å²) in [4.78, 5) is 37.6. The molecule has 10 heteroatoms. The Labute approximate surface area is 165 Å². The molecule has 0 unspecified atom stereocenters.